The third-order valence-corrected chi connectivity index (χ3v) is 4.47. The van der Waals surface area contributed by atoms with E-state index in [4.69, 9.17) is 14.0 Å². The van der Waals surface area contributed by atoms with Crippen molar-refractivity contribution in [3.63, 3.8) is 0 Å². The number of rotatable bonds is 7. The van der Waals surface area contributed by atoms with Crippen LogP contribution in [-0.2, 0) is 22.6 Å². The van der Waals surface area contributed by atoms with Crippen LogP contribution in [0.25, 0.3) is 22.2 Å². The Hall–Kier alpha value is -3.67. The molecule has 0 spiro atoms. The molecule has 0 aliphatic heterocycles. The van der Waals surface area contributed by atoms with Crippen molar-refractivity contribution in [1.29, 1.82) is 0 Å². The first-order valence-electron chi connectivity index (χ1n) is 9.41. The van der Waals surface area contributed by atoms with E-state index >= 15 is 0 Å². The minimum Gasteiger partial charge on any atom is -0.493 e. The minimum atomic E-state index is -0.351. The summed E-state index contributed by atoms with van der Waals surface area (Å²) in [5.41, 5.74) is 1.65. The van der Waals surface area contributed by atoms with Gasteiger partial charge in [0.25, 0.3) is 5.89 Å². The summed E-state index contributed by atoms with van der Waals surface area (Å²) in [7, 11) is 0. The zero-order valence-electron chi connectivity index (χ0n) is 16.0. The summed E-state index contributed by atoms with van der Waals surface area (Å²) in [6.07, 6.45) is 0.176. The van der Waals surface area contributed by atoms with E-state index in [0.29, 0.717) is 18.2 Å². The summed E-state index contributed by atoms with van der Waals surface area (Å²) >= 11 is 0. The van der Waals surface area contributed by atoms with Crippen molar-refractivity contribution in [2.45, 2.75) is 20.0 Å². The number of nitrogens with zero attached hydrogens (tertiary/aromatic N) is 2. The van der Waals surface area contributed by atoms with Gasteiger partial charge in [-0.1, -0.05) is 59.8 Å². The van der Waals surface area contributed by atoms with Gasteiger partial charge in [-0.15, -0.1) is 0 Å². The first kappa shape index (κ1) is 18.7. The number of ether oxygens (including phenoxy) is 2. The molecule has 4 rings (SSSR count). The molecule has 0 bridgehead atoms. The SMILES string of the molecule is CCOc1ccccc1-c1noc(COC(=O)Cc2cccc3ccccc23)n1. The van der Waals surface area contributed by atoms with Crippen LogP contribution in [0.2, 0.25) is 0 Å². The first-order chi connectivity index (χ1) is 14.2. The van der Waals surface area contributed by atoms with Crippen LogP contribution in [-0.4, -0.2) is 22.7 Å². The molecule has 0 fully saturated rings. The molecule has 0 atom stereocenters. The molecule has 1 aromatic heterocycles. The summed E-state index contributed by atoms with van der Waals surface area (Å²) in [6, 6.07) is 21.3. The molecule has 6 heteroatoms. The smallest absolute Gasteiger partial charge is 0.310 e. The summed E-state index contributed by atoms with van der Waals surface area (Å²) < 4.78 is 16.2. The van der Waals surface area contributed by atoms with Crippen molar-refractivity contribution in [1.82, 2.24) is 10.1 Å². The van der Waals surface area contributed by atoms with Gasteiger partial charge in [-0.2, -0.15) is 4.98 Å². The van der Waals surface area contributed by atoms with E-state index in [9.17, 15) is 4.79 Å². The van der Waals surface area contributed by atoms with Gasteiger partial charge in [0, 0.05) is 0 Å². The van der Waals surface area contributed by atoms with Crippen LogP contribution < -0.4 is 4.74 Å². The number of hydrogen-bond acceptors (Lipinski definition) is 6. The molecule has 3 aromatic carbocycles. The molecule has 0 amide bonds. The minimum absolute atomic E-state index is 0.0760. The van der Waals surface area contributed by atoms with E-state index in [1.165, 1.54) is 0 Å². The van der Waals surface area contributed by atoms with Crippen LogP contribution in [0.1, 0.15) is 18.4 Å². The van der Waals surface area contributed by atoms with Crippen LogP contribution in [0.3, 0.4) is 0 Å². The summed E-state index contributed by atoms with van der Waals surface area (Å²) in [5.74, 6) is 0.956. The van der Waals surface area contributed by atoms with Gasteiger partial charge in [0.2, 0.25) is 5.82 Å². The Morgan fingerprint density at radius 2 is 1.79 bits per heavy atom. The molecule has 1 heterocycles. The number of aromatic nitrogens is 2. The van der Waals surface area contributed by atoms with Gasteiger partial charge in [-0.05, 0) is 35.4 Å². The van der Waals surface area contributed by atoms with Crippen LogP contribution in [0.15, 0.2) is 71.3 Å². The Balaban J connectivity index is 1.42. The molecule has 29 heavy (non-hydrogen) atoms. The zero-order chi connectivity index (χ0) is 20.1. The molecular formula is C23H20N2O4. The number of carbonyl (C=O) groups excluding carboxylic acids is 1. The topological polar surface area (TPSA) is 74.5 Å². The lowest BCUT2D eigenvalue weighted by atomic mass is 10.0. The van der Waals surface area contributed by atoms with Crippen molar-refractivity contribution >= 4 is 16.7 Å². The van der Waals surface area contributed by atoms with Crippen LogP contribution in [0.4, 0.5) is 0 Å². The van der Waals surface area contributed by atoms with Gasteiger partial charge in [0.1, 0.15) is 5.75 Å². The van der Waals surface area contributed by atoms with E-state index in [1.807, 2.05) is 73.7 Å². The van der Waals surface area contributed by atoms with Crippen molar-refractivity contribution in [2.75, 3.05) is 6.61 Å². The molecule has 0 aliphatic carbocycles. The maximum atomic E-state index is 12.3. The van der Waals surface area contributed by atoms with E-state index in [1.54, 1.807) is 0 Å². The van der Waals surface area contributed by atoms with Crippen molar-refractivity contribution in [2.24, 2.45) is 0 Å². The van der Waals surface area contributed by atoms with E-state index in [2.05, 4.69) is 10.1 Å². The highest BCUT2D eigenvalue weighted by Gasteiger charge is 2.15. The monoisotopic (exact) mass is 388 g/mol. The molecule has 0 saturated heterocycles. The second-order valence-corrected chi connectivity index (χ2v) is 6.42. The molecule has 4 aromatic rings. The van der Waals surface area contributed by atoms with Crippen molar-refractivity contribution < 1.29 is 18.8 Å². The molecule has 0 unspecified atom stereocenters. The number of benzene rings is 3. The lowest BCUT2D eigenvalue weighted by Crippen LogP contribution is -2.08. The Labute approximate surface area is 168 Å². The molecule has 0 N–H and O–H groups in total. The first-order valence-corrected chi connectivity index (χ1v) is 9.41. The van der Waals surface area contributed by atoms with Gasteiger partial charge in [-0.25, -0.2) is 0 Å². The molecular weight excluding hydrogens is 368 g/mol. The van der Waals surface area contributed by atoms with Gasteiger partial charge >= 0.3 is 5.97 Å². The zero-order valence-corrected chi connectivity index (χ0v) is 16.0. The number of para-hydroxylation sites is 1. The predicted octanol–water partition coefficient (Wildman–Crippen LogP) is 4.57. The third-order valence-electron chi connectivity index (χ3n) is 4.47. The predicted molar refractivity (Wildman–Crippen MR) is 108 cm³/mol. The van der Waals surface area contributed by atoms with Crippen molar-refractivity contribution in [3.8, 4) is 17.1 Å². The summed E-state index contributed by atoms with van der Waals surface area (Å²) in [6.45, 7) is 2.37. The fourth-order valence-corrected chi connectivity index (χ4v) is 3.15. The van der Waals surface area contributed by atoms with Crippen LogP contribution in [0, 0.1) is 0 Å². The second kappa shape index (κ2) is 8.56. The number of fused-ring (bicyclic) bond motifs is 1. The van der Waals surface area contributed by atoms with Crippen LogP contribution >= 0.6 is 0 Å². The number of carbonyl (C=O) groups is 1. The Kier molecular flexibility index (Phi) is 5.52. The molecule has 0 saturated carbocycles. The highest BCUT2D eigenvalue weighted by atomic mass is 16.6. The average molecular weight is 388 g/mol. The fraction of sp³-hybridized carbons (Fsp3) is 0.174. The quantitative estimate of drug-likeness (QED) is 0.432. The average Bonchev–Trinajstić information content (AvgIpc) is 3.22. The Bertz CT molecular complexity index is 1130. The summed E-state index contributed by atoms with van der Waals surface area (Å²) in [5, 5.41) is 6.11. The lowest BCUT2D eigenvalue weighted by Gasteiger charge is -2.06. The van der Waals surface area contributed by atoms with Gasteiger partial charge < -0.3 is 14.0 Å². The molecule has 0 aliphatic rings. The third kappa shape index (κ3) is 4.27. The van der Waals surface area contributed by atoms with Crippen molar-refractivity contribution in [3.05, 3.63) is 78.2 Å². The maximum absolute atomic E-state index is 12.3. The Morgan fingerprint density at radius 1 is 1.00 bits per heavy atom. The number of hydrogen-bond donors (Lipinski definition) is 0. The highest BCUT2D eigenvalue weighted by Crippen LogP contribution is 2.27. The lowest BCUT2D eigenvalue weighted by molar-refractivity contribution is -0.144. The number of esters is 1. The highest BCUT2D eigenvalue weighted by molar-refractivity contribution is 5.88. The van der Waals surface area contributed by atoms with Gasteiger partial charge in [-0.3, -0.25) is 4.79 Å². The van der Waals surface area contributed by atoms with E-state index in [0.717, 1.165) is 21.9 Å². The fourth-order valence-electron chi connectivity index (χ4n) is 3.15. The maximum Gasteiger partial charge on any atom is 0.310 e. The normalized spacial score (nSPS) is 10.8. The standard InChI is InChI=1S/C23H20N2O4/c1-2-27-20-13-6-5-12-19(20)23-24-21(29-25-23)15-28-22(26)14-17-10-7-9-16-8-3-4-11-18(16)17/h3-13H,2,14-15H2,1H3. The Morgan fingerprint density at radius 3 is 2.69 bits per heavy atom. The molecule has 146 valence electrons. The van der Waals surface area contributed by atoms with Gasteiger partial charge in [0.15, 0.2) is 6.61 Å². The van der Waals surface area contributed by atoms with E-state index in [-0.39, 0.29) is 24.9 Å². The molecule has 6 nitrogen and oxygen atoms in total. The second-order valence-electron chi connectivity index (χ2n) is 6.42. The largest absolute Gasteiger partial charge is 0.493 e. The molecule has 0 radical (unpaired) electrons. The summed E-state index contributed by atoms with van der Waals surface area (Å²) in [4.78, 5) is 16.6. The van der Waals surface area contributed by atoms with E-state index < -0.39 is 0 Å². The van der Waals surface area contributed by atoms with Gasteiger partial charge in [0.05, 0.1) is 18.6 Å². The van der Waals surface area contributed by atoms with Crippen LogP contribution in [0.5, 0.6) is 5.75 Å².